The fourth-order valence-corrected chi connectivity index (χ4v) is 4.66. The number of amides is 1. The van der Waals surface area contributed by atoms with Crippen LogP contribution in [0.15, 0.2) is 0 Å². The first kappa shape index (κ1) is 32.4. The summed E-state index contributed by atoms with van der Waals surface area (Å²) >= 11 is 0. The van der Waals surface area contributed by atoms with Crippen molar-refractivity contribution in [3.63, 3.8) is 0 Å². The number of rotatable bonds is 28. The van der Waals surface area contributed by atoms with E-state index in [-0.39, 0.29) is 5.91 Å². The molecule has 0 aromatic carbocycles. The molecule has 1 amide bonds. The normalized spacial score (nSPS) is 11.2. The zero-order chi connectivity index (χ0) is 24.1. The number of nitrogens with two attached hydrogens (primary N) is 1. The van der Waals surface area contributed by atoms with E-state index >= 15 is 0 Å². The lowest BCUT2D eigenvalue weighted by Crippen LogP contribution is -2.24. The van der Waals surface area contributed by atoms with Gasteiger partial charge in [0.15, 0.2) is 0 Å². The van der Waals surface area contributed by atoms with E-state index in [2.05, 4.69) is 12.2 Å². The molecule has 3 heteroatoms. The molecule has 0 saturated heterocycles. The highest BCUT2D eigenvalue weighted by Gasteiger charge is 2.00. The number of carbonyl (C=O) groups is 1. The molecule has 0 aromatic heterocycles. The van der Waals surface area contributed by atoms with Crippen molar-refractivity contribution in [2.24, 2.45) is 5.73 Å². The summed E-state index contributed by atoms with van der Waals surface area (Å²) in [6, 6.07) is 0. The maximum absolute atomic E-state index is 11.7. The van der Waals surface area contributed by atoms with Gasteiger partial charge in [-0.1, -0.05) is 148 Å². The van der Waals surface area contributed by atoms with Crippen molar-refractivity contribution in [1.82, 2.24) is 5.32 Å². The Labute approximate surface area is 208 Å². The van der Waals surface area contributed by atoms with Gasteiger partial charge in [-0.3, -0.25) is 4.79 Å². The van der Waals surface area contributed by atoms with Gasteiger partial charge < -0.3 is 11.1 Å². The largest absolute Gasteiger partial charge is 0.356 e. The van der Waals surface area contributed by atoms with Gasteiger partial charge in [0.2, 0.25) is 5.91 Å². The van der Waals surface area contributed by atoms with Crippen LogP contribution in [0.3, 0.4) is 0 Å². The standard InChI is InChI=1S/C30H62N2O/c1-2-3-4-5-6-7-8-9-10-11-12-13-14-15-16-17-18-19-20-21-22-23-24-27-30(33)32-29-26-25-28-31/h2-29,31H2,1H3,(H,32,33). The molecular weight excluding hydrogens is 404 g/mol. The van der Waals surface area contributed by atoms with Crippen LogP contribution in [-0.4, -0.2) is 19.0 Å². The van der Waals surface area contributed by atoms with Gasteiger partial charge in [0.05, 0.1) is 0 Å². The topological polar surface area (TPSA) is 55.1 Å². The van der Waals surface area contributed by atoms with Crippen LogP contribution in [0.1, 0.15) is 174 Å². The second-order valence-corrected chi connectivity index (χ2v) is 10.4. The molecule has 0 aliphatic heterocycles. The van der Waals surface area contributed by atoms with Crippen molar-refractivity contribution < 1.29 is 4.79 Å². The van der Waals surface area contributed by atoms with Crippen molar-refractivity contribution in [3.05, 3.63) is 0 Å². The molecular formula is C30H62N2O. The molecule has 0 radical (unpaired) electrons. The minimum Gasteiger partial charge on any atom is -0.356 e. The van der Waals surface area contributed by atoms with Gasteiger partial charge in [-0.25, -0.2) is 0 Å². The predicted octanol–water partition coefficient (Wildman–Crippen LogP) is 9.22. The third-order valence-electron chi connectivity index (χ3n) is 6.96. The van der Waals surface area contributed by atoms with Crippen LogP contribution in [-0.2, 0) is 4.79 Å². The average Bonchev–Trinajstić information content (AvgIpc) is 2.82. The summed E-state index contributed by atoms with van der Waals surface area (Å²) < 4.78 is 0. The SMILES string of the molecule is CCCCCCCCCCCCCCCCCCCCCCCCCC(=O)NCCCCN. The highest BCUT2D eigenvalue weighted by molar-refractivity contribution is 5.75. The fourth-order valence-electron chi connectivity index (χ4n) is 4.66. The Morgan fingerprint density at radius 1 is 0.485 bits per heavy atom. The lowest BCUT2D eigenvalue weighted by molar-refractivity contribution is -0.121. The number of unbranched alkanes of at least 4 members (excludes halogenated alkanes) is 23. The predicted molar refractivity (Wildman–Crippen MR) is 148 cm³/mol. The second-order valence-electron chi connectivity index (χ2n) is 10.4. The summed E-state index contributed by atoms with van der Waals surface area (Å²) in [5.41, 5.74) is 5.46. The molecule has 0 atom stereocenters. The first-order valence-corrected chi connectivity index (χ1v) is 15.3. The molecule has 3 nitrogen and oxygen atoms in total. The van der Waals surface area contributed by atoms with Crippen molar-refractivity contribution in [2.75, 3.05) is 13.1 Å². The van der Waals surface area contributed by atoms with Gasteiger partial charge in [0.25, 0.3) is 0 Å². The highest BCUT2D eigenvalue weighted by atomic mass is 16.1. The molecule has 0 fully saturated rings. The molecule has 0 saturated carbocycles. The monoisotopic (exact) mass is 466 g/mol. The fraction of sp³-hybridized carbons (Fsp3) is 0.967. The highest BCUT2D eigenvalue weighted by Crippen LogP contribution is 2.15. The van der Waals surface area contributed by atoms with Crippen LogP contribution in [0, 0.1) is 0 Å². The third kappa shape index (κ3) is 29.4. The van der Waals surface area contributed by atoms with Crippen molar-refractivity contribution in [3.8, 4) is 0 Å². The Bertz CT molecular complexity index is 372. The smallest absolute Gasteiger partial charge is 0.219 e. The van der Waals surface area contributed by atoms with Crippen molar-refractivity contribution in [1.29, 1.82) is 0 Å². The Morgan fingerprint density at radius 2 is 0.818 bits per heavy atom. The molecule has 0 spiro atoms. The minimum absolute atomic E-state index is 0.218. The first-order valence-electron chi connectivity index (χ1n) is 15.3. The Morgan fingerprint density at radius 3 is 1.15 bits per heavy atom. The van der Waals surface area contributed by atoms with E-state index in [0.29, 0.717) is 6.42 Å². The van der Waals surface area contributed by atoms with E-state index < -0.39 is 0 Å². The van der Waals surface area contributed by atoms with E-state index in [1.807, 2.05) is 0 Å². The van der Waals surface area contributed by atoms with Gasteiger partial charge in [-0.05, 0) is 25.8 Å². The first-order chi connectivity index (χ1) is 16.3. The van der Waals surface area contributed by atoms with E-state index in [9.17, 15) is 4.79 Å². The maximum Gasteiger partial charge on any atom is 0.219 e. The number of carbonyl (C=O) groups excluding carboxylic acids is 1. The molecule has 0 aliphatic carbocycles. The molecule has 198 valence electrons. The second kappa shape index (κ2) is 29.5. The van der Waals surface area contributed by atoms with Gasteiger partial charge in [0, 0.05) is 13.0 Å². The van der Waals surface area contributed by atoms with Gasteiger partial charge in [-0.15, -0.1) is 0 Å². The molecule has 0 aromatic rings. The van der Waals surface area contributed by atoms with E-state index in [4.69, 9.17) is 5.73 Å². The van der Waals surface area contributed by atoms with Gasteiger partial charge >= 0.3 is 0 Å². The lowest BCUT2D eigenvalue weighted by atomic mass is 10.0. The summed E-state index contributed by atoms with van der Waals surface area (Å²) in [7, 11) is 0. The Kier molecular flexibility index (Phi) is 29.0. The summed E-state index contributed by atoms with van der Waals surface area (Å²) in [5, 5.41) is 2.99. The Balaban J connectivity index is 3.07. The van der Waals surface area contributed by atoms with E-state index in [1.54, 1.807) is 0 Å². The van der Waals surface area contributed by atoms with Crippen LogP contribution < -0.4 is 11.1 Å². The maximum atomic E-state index is 11.7. The van der Waals surface area contributed by atoms with E-state index in [0.717, 1.165) is 32.4 Å². The molecule has 0 unspecified atom stereocenters. The average molecular weight is 467 g/mol. The van der Waals surface area contributed by atoms with Crippen LogP contribution in [0.5, 0.6) is 0 Å². The summed E-state index contributed by atoms with van der Waals surface area (Å²) in [5.74, 6) is 0.218. The van der Waals surface area contributed by atoms with Crippen molar-refractivity contribution in [2.45, 2.75) is 174 Å². The summed E-state index contributed by atoms with van der Waals surface area (Å²) in [4.78, 5) is 11.7. The van der Waals surface area contributed by atoms with Gasteiger partial charge in [-0.2, -0.15) is 0 Å². The number of hydrogen-bond donors (Lipinski definition) is 2. The van der Waals surface area contributed by atoms with E-state index in [1.165, 1.54) is 141 Å². The quantitative estimate of drug-likeness (QED) is 0.113. The molecule has 0 rings (SSSR count). The zero-order valence-electron chi connectivity index (χ0n) is 22.8. The third-order valence-corrected chi connectivity index (χ3v) is 6.96. The van der Waals surface area contributed by atoms with Crippen LogP contribution in [0.25, 0.3) is 0 Å². The van der Waals surface area contributed by atoms with Crippen LogP contribution in [0.2, 0.25) is 0 Å². The van der Waals surface area contributed by atoms with Crippen LogP contribution >= 0.6 is 0 Å². The molecule has 33 heavy (non-hydrogen) atoms. The molecule has 0 heterocycles. The summed E-state index contributed by atoms with van der Waals surface area (Å²) in [6.07, 6.45) is 35.0. The minimum atomic E-state index is 0.218. The zero-order valence-corrected chi connectivity index (χ0v) is 22.8. The molecule has 0 aliphatic rings. The molecule has 0 bridgehead atoms. The summed E-state index contributed by atoms with van der Waals surface area (Å²) in [6.45, 7) is 3.80. The molecule has 3 N–H and O–H groups in total. The van der Waals surface area contributed by atoms with Gasteiger partial charge in [0.1, 0.15) is 0 Å². The Hall–Kier alpha value is -0.570. The number of hydrogen-bond acceptors (Lipinski definition) is 2. The lowest BCUT2D eigenvalue weighted by Gasteiger charge is -2.05. The number of nitrogens with one attached hydrogen (secondary N) is 1. The van der Waals surface area contributed by atoms with Crippen LogP contribution in [0.4, 0.5) is 0 Å². The van der Waals surface area contributed by atoms with Crippen molar-refractivity contribution >= 4 is 5.91 Å².